The van der Waals surface area contributed by atoms with Crippen molar-refractivity contribution in [1.29, 1.82) is 0 Å². The van der Waals surface area contributed by atoms with Crippen LogP contribution < -0.4 is 10.6 Å². The number of aryl methyl sites for hydroxylation is 2. The first kappa shape index (κ1) is 19.2. The summed E-state index contributed by atoms with van der Waals surface area (Å²) < 4.78 is 0. The molecule has 27 heavy (non-hydrogen) atoms. The maximum Gasteiger partial charge on any atom is 0.227 e. The number of anilines is 2. The lowest BCUT2D eigenvalue weighted by molar-refractivity contribution is -0.125. The van der Waals surface area contributed by atoms with Gasteiger partial charge in [0.05, 0.1) is 0 Å². The van der Waals surface area contributed by atoms with E-state index in [1.165, 1.54) is 5.56 Å². The van der Waals surface area contributed by atoms with Gasteiger partial charge >= 0.3 is 0 Å². The highest BCUT2D eigenvalue weighted by Gasteiger charge is 2.30. The Kier molecular flexibility index (Phi) is 5.94. The molecule has 1 saturated carbocycles. The van der Waals surface area contributed by atoms with Crippen LogP contribution in [0, 0.1) is 32.6 Å². The average molecular weight is 364 g/mol. The van der Waals surface area contributed by atoms with Crippen LogP contribution in [-0.2, 0) is 9.59 Å². The largest absolute Gasteiger partial charge is 0.326 e. The lowest BCUT2D eigenvalue weighted by atomic mass is 9.81. The summed E-state index contributed by atoms with van der Waals surface area (Å²) in [5.41, 5.74) is 5.10. The topological polar surface area (TPSA) is 58.2 Å². The van der Waals surface area contributed by atoms with Gasteiger partial charge in [0, 0.05) is 23.2 Å². The minimum absolute atomic E-state index is 0.0191. The van der Waals surface area contributed by atoms with Gasteiger partial charge in [-0.3, -0.25) is 9.59 Å². The van der Waals surface area contributed by atoms with Crippen LogP contribution in [0.25, 0.3) is 0 Å². The molecule has 0 unspecified atom stereocenters. The monoisotopic (exact) mass is 364 g/mol. The Morgan fingerprint density at radius 3 is 1.78 bits per heavy atom. The predicted molar refractivity (Wildman–Crippen MR) is 110 cm³/mol. The smallest absolute Gasteiger partial charge is 0.227 e. The Morgan fingerprint density at radius 1 is 0.704 bits per heavy atom. The van der Waals surface area contributed by atoms with Crippen molar-refractivity contribution < 1.29 is 9.59 Å². The highest BCUT2D eigenvalue weighted by molar-refractivity contribution is 5.95. The van der Waals surface area contributed by atoms with E-state index in [-0.39, 0.29) is 23.7 Å². The molecule has 0 saturated heterocycles. The Hall–Kier alpha value is -2.62. The number of amides is 2. The number of rotatable bonds is 4. The van der Waals surface area contributed by atoms with E-state index in [0.29, 0.717) is 0 Å². The maximum atomic E-state index is 12.6. The van der Waals surface area contributed by atoms with Gasteiger partial charge < -0.3 is 10.6 Å². The molecule has 3 rings (SSSR count). The number of para-hydroxylation sites is 1. The SMILES string of the molecule is Cc1ccccc1NC(=O)C1CCC(C(=O)Nc2cccc(C)c2C)CC1. The second-order valence-corrected chi connectivity index (χ2v) is 7.59. The lowest BCUT2D eigenvalue weighted by Crippen LogP contribution is -2.32. The first-order valence-corrected chi connectivity index (χ1v) is 9.69. The van der Waals surface area contributed by atoms with Crippen molar-refractivity contribution >= 4 is 23.2 Å². The van der Waals surface area contributed by atoms with Crippen molar-refractivity contribution in [2.24, 2.45) is 11.8 Å². The molecule has 1 aliphatic rings. The Balaban J connectivity index is 1.54. The molecule has 0 spiro atoms. The van der Waals surface area contributed by atoms with E-state index in [0.717, 1.165) is 48.2 Å². The van der Waals surface area contributed by atoms with Crippen molar-refractivity contribution in [3.05, 3.63) is 59.2 Å². The van der Waals surface area contributed by atoms with E-state index in [1.54, 1.807) is 0 Å². The second kappa shape index (κ2) is 8.38. The molecular weight excluding hydrogens is 336 g/mol. The first-order chi connectivity index (χ1) is 13.0. The highest BCUT2D eigenvalue weighted by Crippen LogP contribution is 2.31. The molecule has 0 radical (unpaired) electrons. The summed E-state index contributed by atoms with van der Waals surface area (Å²) in [6, 6.07) is 13.8. The average Bonchev–Trinajstić information content (AvgIpc) is 2.67. The van der Waals surface area contributed by atoms with Crippen LogP contribution >= 0.6 is 0 Å². The fraction of sp³-hybridized carbons (Fsp3) is 0.391. The van der Waals surface area contributed by atoms with Gasteiger partial charge in [0.15, 0.2) is 0 Å². The van der Waals surface area contributed by atoms with Gasteiger partial charge in [-0.05, 0) is 75.3 Å². The Bertz CT molecular complexity index is 836. The number of carbonyl (C=O) groups is 2. The van der Waals surface area contributed by atoms with Crippen LogP contribution in [0.4, 0.5) is 11.4 Å². The summed E-state index contributed by atoms with van der Waals surface area (Å²) in [4.78, 5) is 25.2. The van der Waals surface area contributed by atoms with Crippen molar-refractivity contribution in [3.8, 4) is 0 Å². The quantitative estimate of drug-likeness (QED) is 0.802. The van der Waals surface area contributed by atoms with Crippen molar-refractivity contribution in [2.75, 3.05) is 10.6 Å². The molecule has 2 aromatic carbocycles. The summed E-state index contributed by atoms with van der Waals surface area (Å²) >= 11 is 0. The Labute approximate surface area is 161 Å². The van der Waals surface area contributed by atoms with E-state index in [9.17, 15) is 9.59 Å². The second-order valence-electron chi connectivity index (χ2n) is 7.59. The molecule has 1 aliphatic carbocycles. The van der Waals surface area contributed by atoms with Crippen LogP contribution in [0.3, 0.4) is 0 Å². The first-order valence-electron chi connectivity index (χ1n) is 9.69. The fourth-order valence-electron chi connectivity index (χ4n) is 3.69. The maximum absolute atomic E-state index is 12.6. The fourth-order valence-corrected chi connectivity index (χ4v) is 3.69. The minimum Gasteiger partial charge on any atom is -0.326 e. The van der Waals surface area contributed by atoms with Crippen LogP contribution in [0.1, 0.15) is 42.4 Å². The molecule has 1 fully saturated rings. The number of benzene rings is 2. The molecule has 2 amide bonds. The van der Waals surface area contributed by atoms with E-state index >= 15 is 0 Å². The third-order valence-corrected chi connectivity index (χ3v) is 5.73. The lowest BCUT2D eigenvalue weighted by Gasteiger charge is -2.27. The summed E-state index contributed by atoms with van der Waals surface area (Å²) in [6.07, 6.45) is 3.01. The van der Waals surface area contributed by atoms with Crippen molar-refractivity contribution in [1.82, 2.24) is 0 Å². The number of carbonyl (C=O) groups excluding carboxylic acids is 2. The van der Waals surface area contributed by atoms with Gasteiger partial charge in [-0.15, -0.1) is 0 Å². The molecule has 4 nitrogen and oxygen atoms in total. The van der Waals surface area contributed by atoms with Gasteiger partial charge in [-0.2, -0.15) is 0 Å². The molecule has 0 aliphatic heterocycles. The standard InChI is InChI=1S/C23H28N2O2/c1-15-8-6-10-21(17(15)3)25-23(27)19-13-11-18(12-14-19)22(26)24-20-9-5-4-7-16(20)2/h4-10,18-19H,11-14H2,1-3H3,(H,24,26)(H,25,27). The number of hydrogen-bond acceptors (Lipinski definition) is 2. The van der Waals surface area contributed by atoms with E-state index < -0.39 is 0 Å². The minimum atomic E-state index is -0.0209. The Morgan fingerprint density at radius 2 is 1.19 bits per heavy atom. The van der Waals surface area contributed by atoms with Crippen LogP contribution in [0.5, 0.6) is 0 Å². The van der Waals surface area contributed by atoms with E-state index in [2.05, 4.69) is 10.6 Å². The molecule has 142 valence electrons. The zero-order valence-corrected chi connectivity index (χ0v) is 16.3. The molecule has 0 atom stereocenters. The van der Waals surface area contributed by atoms with E-state index in [4.69, 9.17) is 0 Å². The van der Waals surface area contributed by atoms with E-state index in [1.807, 2.05) is 63.2 Å². The van der Waals surface area contributed by atoms with Gasteiger partial charge in [0.1, 0.15) is 0 Å². The van der Waals surface area contributed by atoms with Crippen molar-refractivity contribution in [2.45, 2.75) is 46.5 Å². The molecule has 0 bridgehead atoms. The third-order valence-electron chi connectivity index (χ3n) is 5.73. The molecule has 0 heterocycles. The van der Waals surface area contributed by atoms with Crippen LogP contribution in [0.2, 0.25) is 0 Å². The molecular formula is C23H28N2O2. The normalized spacial score (nSPS) is 19.4. The van der Waals surface area contributed by atoms with Crippen molar-refractivity contribution in [3.63, 3.8) is 0 Å². The van der Waals surface area contributed by atoms with Gasteiger partial charge in [0.2, 0.25) is 11.8 Å². The molecule has 2 N–H and O–H groups in total. The zero-order valence-electron chi connectivity index (χ0n) is 16.3. The van der Waals surface area contributed by atoms with Gasteiger partial charge in [-0.1, -0.05) is 30.3 Å². The van der Waals surface area contributed by atoms with Crippen LogP contribution in [0.15, 0.2) is 42.5 Å². The summed E-state index contributed by atoms with van der Waals surface area (Å²) in [7, 11) is 0. The summed E-state index contributed by atoms with van der Waals surface area (Å²) in [5, 5.41) is 6.11. The summed E-state index contributed by atoms with van der Waals surface area (Å²) in [5.74, 6) is 0.0981. The molecule has 0 aromatic heterocycles. The predicted octanol–water partition coefficient (Wildman–Crippen LogP) is 5.00. The molecule has 4 heteroatoms. The number of nitrogens with one attached hydrogen (secondary N) is 2. The molecule has 2 aromatic rings. The van der Waals surface area contributed by atoms with Gasteiger partial charge in [-0.25, -0.2) is 0 Å². The van der Waals surface area contributed by atoms with Gasteiger partial charge in [0.25, 0.3) is 0 Å². The zero-order chi connectivity index (χ0) is 19.4. The highest BCUT2D eigenvalue weighted by atomic mass is 16.2. The number of hydrogen-bond donors (Lipinski definition) is 2. The van der Waals surface area contributed by atoms with Crippen LogP contribution in [-0.4, -0.2) is 11.8 Å². The summed E-state index contributed by atoms with van der Waals surface area (Å²) in [6.45, 7) is 6.06. The third kappa shape index (κ3) is 4.57.